The summed E-state index contributed by atoms with van der Waals surface area (Å²) in [7, 11) is 0. The number of benzene rings is 1. The average molecular weight is 262 g/mol. The zero-order valence-electron chi connectivity index (χ0n) is 10.4. The SMILES string of the molecule is NC(=S)c1ccc(CN2CCCCCC2=O)cc1. The van der Waals surface area contributed by atoms with Gasteiger partial charge in [0.05, 0.1) is 0 Å². The third-order valence-electron chi connectivity index (χ3n) is 3.28. The largest absolute Gasteiger partial charge is 0.389 e. The molecule has 3 nitrogen and oxygen atoms in total. The summed E-state index contributed by atoms with van der Waals surface area (Å²) in [5.41, 5.74) is 7.56. The van der Waals surface area contributed by atoms with E-state index in [2.05, 4.69) is 0 Å². The van der Waals surface area contributed by atoms with Crippen molar-refractivity contribution < 1.29 is 4.79 Å². The van der Waals surface area contributed by atoms with E-state index in [0.717, 1.165) is 36.9 Å². The Morgan fingerprint density at radius 1 is 1.22 bits per heavy atom. The van der Waals surface area contributed by atoms with E-state index in [4.69, 9.17) is 18.0 Å². The second-order valence-electron chi connectivity index (χ2n) is 4.69. The summed E-state index contributed by atoms with van der Waals surface area (Å²) in [6.07, 6.45) is 3.97. The summed E-state index contributed by atoms with van der Waals surface area (Å²) < 4.78 is 0. The van der Waals surface area contributed by atoms with Gasteiger partial charge in [0.1, 0.15) is 4.99 Å². The van der Waals surface area contributed by atoms with Gasteiger partial charge in [-0.2, -0.15) is 0 Å². The lowest BCUT2D eigenvalue weighted by Gasteiger charge is -2.20. The molecule has 1 aliphatic heterocycles. The Morgan fingerprint density at radius 2 is 1.94 bits per heavy atom. The van der Waals surface area contributed by atoms with Crippen LogP contribution in [0.25, 0.3) is 0 Å². The van der Waals surface area contributed by atoms with Gasteiger partial charge < -0.3 is 10.6 Å². The van der Waals surface area contributed by atoms with Crippen molar-refractivity contribution in [2.24, 2.45) is 5.73 Å². The third kappa shape index (κ3) is 3.29. The lowest BCUT2D eigenvalue weighted by molar-refractivity contribution is -0.131. The highest BCUT2D eigenvalue weighted by Crippen LogP contribution is 2.15. The van der Waals surface area contributed by atoms with Crippen LogP contribution < -0.4 is 5.73 Å². The van der Waals surface area contributed by atoms with Crippen molar-refractivity contribution in [2.75, 3.05) is 6.54 Å². The van der Waals surface area contributed by atoms with E-state index in [1.807, 2.05) is 29.2 Å². The van der Waals surface area contributed by atoms with E-state index in [-0.39, 0.29) is 5.91 Å². The molecule has 1 aromatic rings. The first kappa shape index (κ1) is 13.0. The first-order valence-electron chi connectivity index (χ1n) is 6.33. The number of hydrogen-bond donors (Lipinski definition) is 1. The Bertz CT molecular complexity index is 442. The van der Waals surface area contributed by atoms with Crippen molar-refractivity contribution in [2.45, 2.75) is 32.2 Å². The second-order valence-corrected chi connectivity index (χ2v) is 5.13. The molecular weight excluding hydrogens is 244 g/mol. The van der Waals surface area contributed by atoms with E-state index in [9.17, 15) is 4.79 Å². The van der Waals surface area contributed by atoms with Gasteiger partial charge in [0.25, 0.3) is 0 Å². The fourth-order valence-corrected chi connectivity index (χ4v) is 2.34. The predicted molar refractivity (Wildman–Crippen MR) is 76.2 cm³/mol. The molecule has 0 bridgehead atoms. The molecule has 0 atom stereocenters. The first-order chi connectivity index (χ1) is 8.66. The van der Waals surface area contributed by atoms with Gasteiger partial charge >= 0.3 is 0 Å². The summed E-state index contributed by atoms with van der Waals surface area (Å²) in [5.74, 6) is 0.269. The molecule has 2 N–H and O–H groups in total. The van der Waals surface area contributed by atoms with Gasteiger partial charge in [-0.3, -0.25) is 4.79 Å². The van der Waals surface area contributed by atoms with Gasteiger partial charge in [-0.1, -0.05) is 42.9 Å². The Hall–Kier alpha value is -1.42. The van der Waals surface area contributed by atoms with Gasteiger partial charge in [0.15, 0.2) is 0 Å². The zero-order chi connectivity index (χ0) is 13.0. The summed E-state index contributed by atoms with van der Waals surface area (Å²) in [6, 6.07) is 7.82. The third-order valence-corrected chi connectivity index (χ3v) is 3.52. The van der Waals surface area contributed by atoms with Crippen molar-refractivity contribution in [3.63, 3.8) is 0 Å². The van der Waals surface area contributed by atoms with Crippen LogP contribution in [0, 0.1) is 0 Å². The molecule has 2 rings (SSSR count). The maximum atomic E-state index is 11.9. The van der Waals surface area contributed by atoms with Crippen LogP contribution in [0.1, 0.15) is 36.8 Å². The molecule has 4 heteroatoms. The van der Waals surface area contributed by atoms with Gasteiger partial charge in [0.2, 0.25) is 5.91 Å². The summed E-state index contributed by atoms with van der Waals surface area (Å²) in [5, 5.41) is 0. The highest BCUT2D eigenvalue weighted by molar-refractivity contribution is 7.80. The standard InChI is InChI=1S/C14H18N2OS/c15-14(18)12-7-5-11(6-8-12)10-16-9-3-1-2-4-13(16)17/h5-8H,1-4,9-10H2,(H2,15,18). The Morgan fingerprint density at radius 3 is 2.61 bits per heavy atom. The van der Waals surface area contributed by atoms with Gasteiger partial charge in [-0.25, -0.2) is 0 Å². The van der Waals surface area contributed by atoms with Crippen LogP contribution in [-0.2, 0) is 11.3 Å². The minimum atomic E-state index is 0.269. The summed E-state index contributed by atoms with van der Waals surface area (Å²) in [6.45, 7) is 1.56. The average Bonchev–Trinajstić information content (AvgIpc) is 2.56. The maximum Gasteiger partial charge on any atom is 0.222 e. The molecule has 0 aromatic heterocycles. The molecule has 1 fully saturated rings. The number of carbonyl (C=O) groups excluding carboxylic acids is 1. The maximum absolute atomic E-state index is 11.9. The monoisotopic (exact) mass is 262 g/mol. The fourth-order valence-electron chi connectivity index (χ4n) is 2.20. The van der Waals surface area contributed by atoms with Crippen molar-refractivity contribution in [3.05, 3.63) is 35.4 Å². The van der Waals surface area contributed by atoms with E-state index < -0.39 is 0 Å². The highest BCUT2D eigenvalue weighted by Gasteiger charge is 2.16. The number of hydrogen-bond acceptors (Lipinski definition) is 2. The number of thiocarbonyl (C=S) groups is 1. The van der Waals surface area contributed by atoms with Crippen molar-refractivity contribution >= 4 is 23.1 Å². The van der Waals surface area contributed by atoms with Gasteiger partial charge in [-0.05, 0) is 18.4 Å². The van der Waals surface area contributed by atoms with Crippen molar-refractivity contribution in [1.82, 2.24) is 4.90 Å². The topological polar surface area (TPSA) is 46.3 Å². The van der Waals surface area contributed by atoms with Crippen LogP contribution in [0.4, 0.5) is 0 Å². The summed E-state index contributed by atoms with van der Waals surface area (Å²) >= 11 is 4.92. The molecule has 0 spiro atoms. The van der Waals surface area contributed by atoms with Crippen LogP contribution in [-0.4, -0.2) is 22.3 Å². The zero-order valence-corrected chi connectivity index (χ0v) is 11.2. The minimum absolute atomic E-state index is 0.269. The molecule has 0 radical (unpaired) electrons. The van der Waals surface area contributed by atoms with Crippen LogP contribution in [0.2, 0.25) is 0 Å². The molecule has 1 saturated heterocycles. The van der Waals surface area contributed by atoms with Crippen molar-refractivity contribution in [3.8, 4) is 0 Å². The van der Waals surface area contributed by atoms with Gasteiger partial charge in [0, 0.05) is 25.1 Å². The molecule has 0 aliphatic carbocycles. The van der Waals surface area contributed by atoms with E-state index in [1.165, 1.54) is 0 Å². The Labute approximate surface area is 113 Å². The molecule has 0 unspecified atom stereocenters. The predicted octanol–water partition coefficient (Wildman–Crippen LogP) is 2.22. The van der Waals surface area contributed by atoms with Gasteiger partial charge in [-0.15, -0.1) is 0 Å². The van der Waals surface area contributed by atoms with Crippen LogP contribution in [0.5, 0.6) is 0 Å². The normalized spacial score (nSPS) is 16.4. The number of likely N-dealkylation sites (tertiary alicyclic amines) is 1. The lowest BCUT2D eigenvalue weighted by atomic mass is 10.1. The Balaban J connectivity index is 2.03. The number of nitrogens with two attached hydrogens (primary N) is 1. The van der Waals surface area contributed by atoms with E-state index >= 15 is 0 Å². The number of carbonyl (C=O) groups is 1. The van der Waals surface area contributed by atoms with E-state index in [1.54, 1.807) is 0 Å². The fraction of sp³-hybridized carbons (Fsp3) is 0.429. The number of amides is 1. The molecule has 1 heterocycles. The van der Waals surface area contributed by atoms with Crippen molar-refractivity contribution in [1.29, 1.82) is 0 Å². The first-order valence-corrected chi connectivity index (χ1v) is 6.74. The lowest BCUT2D eigenvalue weighted by Crippen LogP contribution is -2.29. The number of rotatable bonds is 3. The molecular formula is C14H18N2OS. The quantitative estimate of drug-likeness (QED) is 0.850. The second kappa shape index (κ2) is 5.96. The molecule has 1 aromatic carbocycles. The Kier molecular flexibility index (Phi) is 4.31. The van der Waals surface area contributed by atoms with E-state index in [0.29, 0.717) is 18.0 Å². The molecule has 18 heavy (non-hydrogen) atoms. The van der Waals surface area contributed by atoms with Crippen LogP contribution in [0.15, 0.2) is 24.3 Å². The van der Waals surface area contributed by atoms with Crippen LogP contribution in [0.3, 0.4) is 0 Å². The molecule has 1 aliphatic rings. The molecule has 96 valence electrons. The summed E-state index contributed by atoms with van der Waals surface area (Å²) in [4.78, 5) is 14.2. The molecule has 1 amide bonds. The smallest absolute Gasteiger partial charge is 0.222 e. The number of nitrogens with zero attached hydrogens (tertiary/aromatic N) is 1. The van der Waals surface area contributed by atoms with Crippen LogP contribution >= 0.6 is 12.2 Å². The molecule has 0 saturated carbocycles. The minimum Gasteiger partial charge on any atom is -0.389 e. The highest BCUT2D eigenvalue weighted by atomic mass is 32.1.